The molecule has 2 N–H and O–H groups in total. The summed E-state index contributed by atoms with van der Waals surface area (Å²) in [5, 5.41) is 3.06. The number of anilines is 1. The topological polar surface area (TPSA) is 78.5 Å². The number of sulfonamides is 1. The number of nitrogens with zero attached hydrogens (tertiary/aromatic N) is 1. The predicted molar refractivity (Wildman–Crippen MR) is 123 cm³/mol. The Balaban J connectivity index is 2.22. The first-order valence-electron chi connectivity index (χ1n) is 9.63. The number of benzene rings is 2. The maximum Gasteiger partial charge on any atom is 0.261 e. The second kappa shape index (κ2) is 9.37. The van der Waals surface area contributed by atoms with Crippen LogP contribution in [0.4, 0.5) is 5.69 Å². The molecule has 0 saturated carbocycles. The Labute approximate surface area is 184 Å². The normalized spacial score (nSPS) is 12.1. The number of nitrogens with one attached hydrogen (secondary N) is 2. The number of hydrogen-bond donors (Lipinski definition) is 2. The average molecular weight is 452 g/mol. The van der Waals surface area contributed by atoms with Crippen molar-refractivity contribution in [2.45, 2.75) is 32.6 Å². The molecule has 0 saturated heterocycles. The van der Waals surface area contributed by atoms with E-state index in [2.05, 4.69) is 10.0 Å². The summed E-state index contributed by atoms with van der Waals surface area (Å²) in [6.07, 6.45) is 0. The molecule has 30 heavy (non-hydrogen) atoms. The van der Waals surface area contributed by atoms with Crippen LogP contribution < -0.4 is 10.0 Å². The van der Waals surface area contributed by atoms with E-state index in [-0.39, 0.29) is 20.9 Å². The fourth-order valence-electron chi connectivity index (χ4n) is 3.19. The summed E-state index contributed by atoms with van der Waals surface area (Å²) in [6, 6.07) is 9.44. The van der Waals surface area contributed by atoms with Crippen LogP contribution in [0.25, 0.3) is 0 Å². The maximum atomic E-state index is 12.8. The van der Waals surface area contributed by atoms with Crippen molar-refractivity contribution in [3.63, 3.8) is 0 Å². The Bertz CT molecular complexity index is 1030. The van der Waals surface area contributed by atoms with Gasteiger partial charge in [-0.05, 0) is 74.8 Å². The van der Waals surface area contributed by atoms with Gasteiger partial charge in [-0.3, -0.25) is 9.52 Å². The number of halogens is 1. The van der Waals surface area contributed by atoms with Gasteiger partial charge in [-0.25, -0.2) is 8.42 Å². The van der Waals surface area contributed by atoms with Crippen LogP contribution >= 0.6 is 11.6 Å². The summed E-state index contributed by atoms with van der Waals surface area (Å²) in [7, 11) is 0.0688. The van der Waals surface area contributed by atoms with Gasteiger partial charge in [0.05, 0.1) is 15.5 Å². The van der Waals surface area contributed by atoms with Gasteiger partial charge in [0.1, 0.15) is 0 Å². The molecule has 0 bridgehead atoms. The maximum absolute atomic E-state index is 12.8. The SMILES string of the molecule is Cc1ccc(NS(=O)(=O)c2ccc(Cl)c(C(=O)NCC(C)(C)CN(C)C)c2)cc1C. The van der Waals surface area contributed by atoms with Crippen LogP contribution in [0.2, 0.25) is 5.02 Å². The number of carbonyl (C=O) groups excluding carboxylic acids is 1. The van der Waals surface area contributed by atoms with Crippen molar-refractivity contribution in [3.05, 3.63) is 58.1 Å². The highest BCUT2D eigenvalue weighted by atomic mass is 35.5. The zero-order valence-electron chi connectivity index (χ0n) is 18.3. The Morgan fingerprint density at radius 1 is 1.07 bits per heavy atom. The second-order valence-electron chi connectivity index (χ2n) is 8.63. The number of amides is 1. The molecule has 0 radical (unpaired) electrons. The molecule has 2 rings (SSSR count). The summed E-state index contributed by atoms with van der Waals surface area (Å²) in [6.45, 7) is 9.17. The third-order valence-corrected chi connectivity index (χ3v) is 6.43. The zero-order valence-corrected chi connectivity index (χ0v) is 19.9. The smallest absolute Gasteiger partial charge is 0.261 e. The lowest BCUT2D eigenvalue weighted by atomic mass is 9.93. The van der Waals surface area contributed by atoms with Gasteiger partial charge >= 0.3 is 0 Å². The quantitative estimate of drug-likeness (QED) is 0.634. The van der Waals surface area contributed by atoms with Gasteiger partial charge in [-0.15, -0.1) is 0 Å². The van der Waals surface area contributed by atoms with E-state index in [9.17, 15) is 13.2 Å². The standard InChI is InChI=1S/C22H30ClN3O3S/c1-15-7-8-17(11-16(15)2)25-30(28,29)18-9-10-20(23)19(12-18)21(27)24-13-22(3,4)14-26(5)6/h7-12,25H,13-14H2,1-6H3,(H,24,27). The molecule has 0 aromatic heterocycles. The highest BCUT2D eigenvalue weighted by Gasteiger charge is 2.23. The Morgan fingerprint density at radius 3 is 2.33 bits per heavy atom. The molecule has 0 unspecified atom stereocenters. The van der Waals surface area contributed by atoms with Crippen molar-refractivity contribution >= 4 is 33.2 Å². The third kappa shape index (κ3) is 6.45. The summed E-state index contributed by atoms with van der Waals surface area (Å²) in [4.78, 5) is 14.7. The molecular formula is C22H30ClN3O3S. The van der Waals surface area contributed by atoms with E-state index < -0.39 is 15.9 Å². The van der Waals surface area contributed by atoms with Crippen molar-refractivity contribution in [2.75, 3.05) is 31.9 Å². The van der Waals surface area contributed by atoms with E-state index in [0.29, 0.717) is 12.2 Å². The van der Waals surface area contributed by atoms with Crippen LogP contribution in [0.5, 0.6) is 0 Å². The van der Waals surface area contributed by atoms with E-state index >= 15 is 0 Å². The van der Waals surface area contributed by atoms with Crippen LogP contribution in [-0.4, -0.2) is 46.4 Å². The monoisotopic (exact) mass is 451 g/mol. The number of hydrogen-bond acceptors (Lipinski definition) is 4. The van der Waals surface area contributed by atoms with Crippen LogP contribution in [-0.2, 0) is 10.0 Å². The van der Waals surface area contributed by atoms with Crippen molar-refractivity contribution in [2.24, 2.45) is 5.41 Å². The molecule has 2 aromatic carbocycles. The predicted octanol–water partition coefficient (Wildman–Crippen LogP) is 4.08. The van der Waals surface area contributed by atoms with Crippen LogP contribution in [0, 0.1) is 19.3 Å². The molecule has 1 amide bonds. The van der Waals surface area contributed by atoms with Gasteiger partial charge in [0.15, 0.2) is 0 Å². The molecule has 2 aromatic rings. The van der Waals surface area contributed by atoms with Crippen LogP contribution in [0.15, 0.2) is 41.3 Å². The number of rotatable bonds is 8. The summed E-state index contributed by atoms with van der Waals surface area (Å²) in [5.41, 5.74) is 2.48. The largest absolute Gasteiger partial charge is 0.351 e. The minimum atomic E-state index is -3.87. The van der Waals surface area contributed by atoms with E-state index in [4.69, 9.17) is 11.6 Å². The summed E-state index contributed by atoms with van der Waals surface area (Å²) >= 11 is 6.19. The minimum Gasteiger partial charge on any atom is -0.351 e. The molecule has 0 fully saturated rings. The van der Waals surface area contributed by atoms with Crippen molar-refractivity contribution in [1.82, 2.24) is 10.2 Å². The van der Waals surface area contributed by atoms with E-state index in [0.717, 1.165) is 17.7 Å². The fraction of sp³-hybridized carbons (Fsp3) is 0.409. The molecule has 0 atom stereocenters. The second-order valence-corrected chi connectivity index (χ2v) is 10.7. The van der Waals surface area contributed by atoms with Gasteiger partial charge in [-0.1, -0.05) is 31.5 Å². The van der Waals surface area contributed by atoms with E-state index in [1.54, 1.807) is 12.1 Å². The first kappa shape index (κ1) is 24.2. The number of carbonyl (C=O) groups is 1. The summed E-state index contributed by atoms with van der Waals surface area (Å²) < 4.78 is 28.2. The molecular weight excluding hydrogens is 422 g/mol. The minimum absolute atomic E-state index is 0.0252. The van der Waals surface area contributed by atoms with Gasteiger partial charge in [0.25, 0.3) is 15.9 Å². The Kier molecular flexibility index (Phi) is 7.55. The molecule has 164 valence electrons. The lowest BCUT2D eigenvalue weighted by molar-refractivity contribution is 0.0929. The van der Waals surface area contributed by atoms with Crippen molar-refractivity contribution in [1.29, 1.82) is 0 Å². The summed E-state index contributed by atoms with van der Waals surface area (Å²) in [5.74, 6) is -0.407. The molecule has 0 aliphatic rings. The molecule has 0 spiro atoms. The van der Waals surface area contributed by atoms with Gasteiger partial charge in [-0.2, -0.15) is 0 Å². The molecule has 0 aliphatic carbocycles. The van der Waals surface area contributed by atoms with Crippen LogP contribution in [0.3, 0.4) is 0 Å². The molecule has 0 heterocycles. The number of aryl methyl sites for hydroxylation is 2. The van der Waals surface area contributed by atoms with Crippen molar-refractivity contribution < 1.29 is 13.2 Å². The first-order chi connectivity index (χ1) is 13.8. The average Bonchev–Trinajstić information content (AvgIpc) is 2.62. The van der Waals surface area contributed by atoms with Gasteiger partial charge in [0.2, 0.25) is 0 Å². The van der Waals surface area contributed by atoms with Gasteiger partial charge < -0.3 is 10.2 Å². The first-order valence-corrected chi connectivity index (χ1v) is 11.5. The highest BCUT2D eigenvalue weighted by molar-refractivity contribution is 7.92. The zero-order chi connectivity index (χ0) is 22.7. The third-order valence-electron chi connectivity index (χ3n) is 4.72. The lowest BCUT2D eigenvalue weighted by Gasteiger charge is -2.28. The van der Waals surface area contributed by atoms with Crippen LogP contribution in [0.1, 0.15) is 35.3 Å². The molecule has 0 aliphatic heterocycles. The van der Waals surface area contributed by atoms with Crippen molar-refractivity contribution in [3.8, 4) is 0 Å². The highest BCUT2D eigenvalue weighted by Crippen LogP contribution is 2.24. The molecule has 8 heteroatoms. The van der Waals surface area contributed by atoms with E-state index in [1.807, 2.05) is 52.8 Å². The molecule has 6 nitrogen and oxygen atoms in total. The lowest BCUT2D eigenvalue weighted by Crippen LogP contribution is -2.40. The fourth-order valence-corrected chi connectivity index (χ4v) is 4.47. The Hall–Kier alpha value is -2.09. The van der Waals surface area contributed by atoms with Gasteiger partial charge in [0, 0.05) is 18.8 Å². The van der Waals surface area contributed by atoms with E-state index in [1.165, 1.54) is 18.2 Å². The Morgan fingerprint density at radius 2 is 1.73 bits per heavy atom.